The molecule has 1 saturated heterocycles. The number of aromatic nitrogens is 3. The lowest BCUT2D eigenvalue weighted by molar-refractivity contribution is -0.117. The number of hydrogen-bond acceptors (Lipinski definition) is 10. The highest BCUT2D eigenvalue weighted by Crippen LogP contribution is 2.46. The fourth-order valence-electron chi connectivity index (χ4n) is 4.20. The third-order valence-corrected chi connectivity index (χ3v) is 6.93. The highest BCUT2D eigenvalue weighted by atomic mass is 35.5. The van der Waals surface area contributed by atoms with Crippen molar-refractivity contribution in [2.45, 2.75) is 18.5 Å². The summed E-state index contributed by atoms with van der Waals surface area (Å²) in [5.74, 6) is 1.38. The van der Waals surface area contributed by atoms with Gasteiger partial charge in [0.15, 0.2) is 5.82 Å². The van der Waals surface area contributed by atoms with Crippen LogP contribution in [0.3, 0.4) is 0 Å². The zero-order chi connectivity index (χ0) is 27.9. The third-order valence-electron chi connectivity index (χ3n) is 6.18. The van der Waals surface area contributed by atoms with Crippen molar-refractivity contribution in [3.63, 3.8) is 0 Å². The molecule has 1 amide bonds. The van der Waals surface area contributed by atoms with Crippen LogP contribution in [0, 0.1) is 0 Å². The van der Waals surface area contributed by atoms with E-state index in [9.17, 15) is 4.79 Å². The number of methoxy groups -OCH3 is 3. The molecule has 0 saturated carbocycles. The lowest BCUT2D eigenvalue weighted by atomic mass is 10.0. The second-order valence-electron chi connectivity index (χ2n) is 8.62. The van der Waals surface area contributed by atoms with Crippen LogP contribution >= 0.6 is 23.2 Å². The number of benzene rings is 1. The van der Waals surface area contributed by atoms with Crippen LogP contribution in [-0.2, 0) is 14.3 Å². The highest BCUT2D eigenvalue weighted by molar-refractivity contribution is 6.41. The number of carbonyl (C=O) groups is 1. The van der Waals surface area contributed by atoms with Gasteiger partial charge in [0.05, 0.1) is 55.3 Å². The third kappa shape index (κ3) is 6.44. The van der Waals surface area contributed by atoms with E-state index in [1.165, 1.54) is 20.3 Å². The van der Waals surface area contributed by atoms with Crippen LogP contribution in [0.4, 0.5) is 11.8 Å². The van der Waals surface area contributed by atoms with Gasteiger partial charge in [0.25, 0.3) is 0 Å². The summed E-state index contributed by atoms with van der Waals surface area (Å²) in [4.78, 5) is 26.0. The van der Waals surface area contributed by atoms with Crippen molar-refractivity contribution in [3.8, 4) is 22.8 Å². The van der Waals surface area contributed by atoms with Crippen molar-refractivity contribution in [1.29, 1.82) is 0 Å². The Morgan fingerprint density at radius 1 is 1.15 bits per heavy atom. The Morgan fingerprint density at radius 3 is 2.56 bits per heavy atom. The Morgan fingerprint density at radius 2 is 1.90 bits per heavy atom. The first kappa shape index (κ1) is 28.6. The van der Waals surface area contributed by atoms with E-state index in [0.717, 1.165) is 0 Å². The van der Waals surface area contributed by atoms with E-state index >= 15 is 0 Å². The number of fused-ring (bicyclic) bond motifs is 1. The van der Waals surface area contributed by atoms with Gasteiger partial charge in [0.1, 0.15) is 17.0 Å². The van der Waals surface area contributed by atoms with E-state index in [4.69, 9.17) is 52.1 Å². The number of halogens is 2. The Hall–Kier alpha value is -3.38. The molecule has 11 nitrogen and oxygen atoms in total. The van der Waals surface area contributed by atoms with Crippen molar-refractivity contribution in [1.82, 2.24) is 20.3 Å². The normalized spacial score (nSPS) is 16.9. The lowest BCUT2D eigenvalue weighted by Gasteiger charge is -2.32. The first-order chi connectivity index (χ1) is 18.9. The van der Waals surface area contributed by atoms with Crippen molar-refractivity contribution in [3.05, 3.63) is 41.0 Å². The average molecular weight is 577 g/mol. The molecule has 3 heterocycles. The van der Waals surface area contributed by atoms with Gasteiger partial charge in [-0.1, -0.05) is 29.8 Å². The van der Waals surface area contributed by atoms with Crippen LogP contribution in [0.5, 0.6) is 11.5 Å². The molecular formula is C26H30Cl2N6O5. The summed E-state index contributed by atoms with van der Waals surface area (Å²) in [5.41, 5.74) is 1.50. The molecule has 1 aromatic carbocycles. The van der Waals surface area contributed by atoms with Crippen LogP contribution in [0.1, 0.15) is 6.42 Å². The molecule has 1 fully saturated rings. The van der Waals surface area contributed by atoms with E-state index in [2.05, 4.69) is 27.5 Å². The van der Waals surface area contributed by atoms with Crippen LogP contribution in [0.2, 0.25) is 10.0 Å². The smallest absolute Gasteiger partial charge is 0.243 e. The van der Waals surface area contributed by atoms with Crippen molar-refractivity contribution in [2.75, 3.05) is 58.3 Å². The van der Waals surface area contributed by atoms with E-state index in [1.807, 2.05) is 0 Å². The molecule has 13 heteroatoms. The van der Waals surface area contributed by atoms with Crippen LogP contribution in [0.15, 0.2) is 31.0 Å². The zero-order valence-electron chi connectivity index (χ0n) is 21.8. The van der Waals surface area contributed by atoms with Crippen molar-refractivity contribution < 1.29 is 23.7 Å². The summed E-state index contributed by atoms with van der Waals surface area (Å²) < 4.78 is 21.7. The molecule has 1 aliphatic heterocycles. The minimum Gasteiger partial charge on any atom is -0.495 e. The fourth-order valence-corrected chi connectivity index (χ4v) is 4.90. The summed E-state index contributed by atoms with van der Waals surface area (Å²) in [7, 11) is 4.64. The number of anilines is 2. The molecule has 0 spiro atoms. The number of nitrogens with one attached hydrogen (secondary N) is 3. The molecular weight excluding hydrogens is 547 g/mol. The number of nitrogens with zero attached hydrogens (tertiary/aromatic N) is 3. The maximum absolute atomic E-state index is 11.9. The average Bonchev–Trinajstić information content (AvgIpc) is 2.94. The number of ether oxygens (including phenoxy) is 4. The van der Waals surface area contributed by atoms with Gasteiger partial charge in [-0.05, 0) is 18.6 Å². The molecule has 3 aromatic rings. The maximum atomic E-state index is 11.9. The largest absolute Gasteiger partial charge is 0.495 e. The minimum absolute atomic E-state index is 0.171. The number of pyridine rings is 1. The molecule has 3 N–H and O–H groups in total. The van der Waals surface area contributed by atoms with E-state index in [0.29, 0.717) is 88.3 Å². The number of carbonyl (C=O) groups excluding carboxylic acids is 1. The van der Waals surface area contributed by atoms with Crippen LogP contribution < -0.4 is 25.4 Å². The lowest BCUT2D eigenvalue weighted by Crippen LogP contribution is -2.52. The molecule has 208 valence electrons. The Bertz CT molecular complexity index is 1330. The highest BCUT2D eigenvalue weighted by Gasteiger charge is 2.28. The summed E-state index contributed by atoms with van der Waals surface area (Å²) in [6.45, 7) is 5.37. The fraction of sp³-hybridized carbons (Fsp3) is 0.385. The molecule has 39 heavy (non-hydrogen) atoms. The second kappa shape index (κ2) is 13.1. The predicted molar refractivity (Wildman–Crippen MR) is 151 cm³/mol. The van der Waals surface area contributed by atoms with Gasteiger partial charge in [-0.3, -0.25) is 4.79 Å². The maximum Gasteiger partial charge on any atom is 0.243 e. The van der Waals surface area contributed by atoms with E-state index < -0.39 is 0 Å². The minimum atomic E-state index is -0.249. The zero-order valence-corrected chi connectivity index (χ0v) is 23.4. The standard InChI is InChI=1S/C26H30Cl2N6O5/c1-5-20(35)31-15-6-8-39-13-17(15)33-26-30-12-14-10-16(32-25(24(14)34-26)29-7-9-36-2)21-22(27)18(37-3)11-19(38-4)23(21)28/h5,10-12,15,17H,1,6-9,13H2,2-4H3,(H,29,32)(H,31,35)(H,30,33,34)/t15-,17+/m0/s1. The van der Waals surface area contributed by atoms with Crippen molar-refractivity contribution >= 4 is 51.8 Å². The summed E-state index contributed by atoms with van der Waals surface area (Å²) >= 11 is 13.3. The monoisotopic (exact) mass is 576 g/mol. The summed E-state index contributed by atoms with van der Waals surface area (Å²) in [6.07, 6.45) is 3.57. The Labute approximate surface area is 236 Å². The molecule has 4 rings (SSSR count). The molecule has 2 aromatic heterocycles. The van der Waals surface area contributed by atoms with Gasteiger partial charge in [0.2, 0.25) is 11.9 Å². The molecule has 0 radical (unpaired) electrons. The van der Waals surface area contributed by atoms with E-state index in [1.54, 1.807) is 25.4 Å². The topological polar surface area (TPSA) is 129 Å². The Kier molecular flexibility index (Phi) is 9.63. The van der Waals surface area contributed by atoms with Gasteiger partial charge < -0.3 is 34.9 Å². The first-order valence-electron chi connectivity index (χ1n) is 12.2. The van der Waals surface area contributed by atoms with Crippen LogP contribution in [-0.4, -0.2) is 80.6 Å². The molecule has 1 aliphatic rings. The molecule has 2 atom stereocenters. The van der Waals surface area contributed by atoms with Gasteiger partial charge in [-0.2, -0.15) is 0 Å². The number of amides is 1. The number of rotatable bonds is 11. The molecule has 0 unspecified atom stereocenters. The molecule has 0 aliphatic carbocycles. The molecule has 0 bridgehead atoms. The van der Waals surface area contributed by atoms with Crippen molar-refractivity contribution in [2.24, 2.45) is 0 Å². The summed E-state index contributed by atoms with van der Waals surface area (Å²) in [5, 5.41) is 10.8. The van der Waals surface area contributed by atoms with Gasteiger partial charge in [0, 0.05) is 43.5 Å². The van der Waals surface area contributed by atoms with Gasteiger partial charge in [-0.25, -0.2) is 15.0 Å². The van der Waals surface area contributed by atoms with E-state index in [-0.39, 0.29) is 18.0 Å². The van der Waals surface area contributed by atoms with Crippen LogP contribution in [0.25, 0.3) is 22.2 Å². The van der Waals surface area contributed by atoms with Gasteiger partial charge in [-0.15, -0.1) is 0 Å². The predicted octanol–water partition coefficient (Wildman–Crippen LogP) is 3.95. The quantitative estimate of drug-likeness (QED) is 0.228. The second-order valence-corrected chi connectivity index (χ2v) is 9.38. The van der Waals surface area contributed by atoms with Gasteiger partial charge >= 0.3 is 0 Å². The first-order valence-corrected chi connectivity index (χ1v) is 12.9. The SMILES string of the molecule is C=CC(=O)N[C@H]1CCOC[C@H]1Nc1ncc2cc(-c3c(Cl)c(OC)cc(OC)c3Cl)nc(NCCOC)c2n1. The number of hydrogen-bond donors (Lipinski definition) is 3. The summed E-state index contributed by atoms with van der Waals surface area (Å²) in [6, 6.07) is 3.01. The Balaban J connectivity index is 1.76.